The van der Waals surface area contributed by atoms with Gasteiger partial charge in [-0.15, -0.1) is 17.0 Å². The van der Waals surface area contributed by atoms with Crippen molar-refractivity contribution in [3.05, 3.63) is 0 Å². The molecule has 2 fully saturated rings. The van der Waals surface area contributed by atoms with Gasteiger partial charge in [0, 0.05) is 0 Å². The molecular weight excluding hydrogens is 487 g/mol. The zero-order chi connectivity index (χ0) is 10.2. The second-order valence-electron chi connectivity index (χ2n) is 3.91. The van der Waals surface area contributed by atoms with Crippen LogP contribution in [0.5, 0.6) is 0 Å². The molecule has 2 rings (SSSR count). The summed E-state index contributed by atoms with van der Waals surface area (Å²) in [5.74, 6) is 0. The third-order valence-corrected chi connectivity index (χ3v) is 3.33. The maximum absolute atomic E-state index is 2.91. The monoisotopic (exact) mass is 508 g/mol. The van der Waals surface area contributed by atoms with E-state index in [1.165, 1.54) is 25.7 Å². The first kappa shape index (κ1) is 18.0. The molecule has 0 saturated heterocycles. The molecule has 2 aliphatic carbocycles. The van der Waals surface area contributed by atoms with Crippen LogP contribution in [0.4, 0.5) is 0 Å². The van der Waals surface area contributed by atoms with E-state index in [4.69, 9.17) is 0 Å². The molecule has 3 heteroatoms. The molecule has 0 aromatic heterocycles. The van der Waals surface area contributed by atoms with Gasteiger partial charge in [-0.2, -0.15) is 0 Å². The van der Waals surface area contributed by atoms with Crippen LogP contribution in [0.2, 0.25) is 0 Å². The summed E-state index contributed by atoms with van der Waals surface area (Å²) in [6, 6.07) is 0. The van der Waals surface area contributed by atoms with Crippen LogP contribution in [0.15, 0.2) is 0 Å². The van der Waals surface area contributed by atoms with Gasteiger partial charge in [-0.05, 0) is 31.1 Å². The Balaban J connectivity index is 0. The Morgan fingerprint density at radius 3 is 1.36 bits per heavy atom. The van der Waals surface area contributed by atoms with Crippen LogP contribution in [-0.4, -0.2) is 0 Å². The van der Waals surface area contributed by atoms with E-state index in [2.05, 4.69) is 13.3 Å². The second-order valence-corrected chi connectivity index (χ2v) is 3.91. The fraction of sp³-hybridized carbons (Fsp3) is 1.00. The number of rotatable bonds is 0. The van der Waals surface area contributed by atoms with Gasteiger partial charge >= 0.3 is 31.1 Å². The van der Waals surface area contributed by atoms with Crippen molar-refractivity contribution in [3.8, 4) is 0 Å². The first-order valence-electron chi connectivity index (χ1n) is 5.53. The Morgan fingerprint density at radius 2 is 1.14 bits per heavy atom. The summed E-state index contributed by atoms with van der Waals surface area (Å²) in [7, 11) is 0. The third-order valence-electron chi connectivity index (χ3n) is 3.33. The molecule has 0 nitrogen and oxygen atoms in total. The van der Waals surface area contributed by atoms with E-state index in [0.717, 1.165) is 5.41 Å². The molecule has 0 bridgehead atoms. The van der Waals surface area contributed by atoms with E-state index >= 15 is 0 Å². The molecule has 2 aliphatic rings. The Morgan fingerprint density at radius 1 is 0.786 bits per heavy atom. The van der Waals surface area contributed by atoms with Gasteiger partial charge in [0.1, 0.15) is 0 Å². The summed E-state index contributed by atoms with van der Waals surface area (Å²) in [6.07, 6.45) is 12.3. The molecule has 0 radical (unpaired) electrons. The molecule has 0 unspecified atom stereocenters. The van der Waals surface area contributed by atoms with Crippen LogP contribution in [0, 0.1) is 5.41 Å². The van der Waals surface area contributed by atoms with Crippen molar-refractivity contribution in [2.24, 2.45) is 5.41 Å². The van der Waals surface area contributed by atoms with Crippen LogP contribution < -0.4 is 0 Å². The quantitative estimate of drug-likeness (QED) is 0.400. The van der Waals surface area contributed by atoms with Crippen molar-refractivity contribution in [1.82, 2.24) is 0 Å². The van der Waals surface area contributed by atoms with E-state index < -0.39 is 0 Å². The average molecular weight is 510 g/mol. The Bertz CT molecular complexity index is 106. The molecule has 0 aromatic carbocycles. The van der Waals surface area contributed by atoms with Crippen molar-refractivity contribution in [2.45, 2.75) is 65.2 Å². The predicted octanol–water partition coefficient (Wildman–Crippen LogP) is 5.57. The molecule has 14 heavy (non-hydrogen) atoms. The molecule has 0 amide bonds. The number of halogens is 2. The molecule has 0 aromatic rings. The van der Waals surface area contributed by atoms with E-state index in [9.17, 15) is 0 Å². The van der Waals surface area contributed by atoms with Crippen LogP contribution in [-0.2, 0) is 17.8 Å². The van der Waals surface area contributed by atoms with Crippen LogP contribution in [0.3, 0.4) is 0 Å². The first-order valence-corrected chi connectivity index (χ1v) is 10.5. The SMILES string of the molecule is Br.C1CCC2(CC1)CCC2.CC.[Br][Pt]. The van der Waals surface area contributed by atoms with Crippen molar-refractivity contribution in [3.63, 3.8) is 0 Å². The Kier molecular flexibility index (Phi) is 14.3. The molecule has 1 spiro atoms. The third kappa shape index (κ3) is 5.66. The minimum absolute atomic E-state index is 0. The standard InChI is InChI=1S/C9H16.C2H6.2BrH.Pt/c1-2-5-9(6-3-1)7-4-8-9;1-2;;;/h1-8H2;1-2H3;2*1H;/q;;;;+1/p-1. The molecule has 0 atom stereocenters. The molecule has 0 N–H and O–H groups in total. The summed E-state index contributed by atoms with van der Waals surface area (Å²) in [6.45, 7) is 4.00. The van der Waals surface area contributed by atoms with E-state index in [0.29, 0.717) is 0 Å². The summed E-state index contributed by atoms with van der Waals surface area (Å²) < 4.78 is 0. The van der Waals surface area contributed by atoms with Gasteiger partial charge in [0.15, 0.2) is 0 Å². The zero-order valence-corrected chi connectivity index (χ0v) is 14.8. The normalized spacial score (nSPS) is 21.5. The number of hydrogen-bond donors (Lipinski definition) is 0. The van der Waals surface area contributed by atoms with Gasteiger partial charge in [0.05, 0.1) is 0 Å². The Labute approximate surface area is 118 Å². The van der Waals surface area contributed by atoms with E-state index in [1.54, 1.807) is 25.7 Å². The molecule has 91 valence electrons. The zero-order valence-electron chi connectivity index (χ0n) is 9.26. The number of hydrogen-bond acceptors (Lipinski definition) is 0. The topological polar surface area (TPSA) is 0 Å². The summed E-state index contributed by atoms with van der Waals surface area (Å²) in [5.41, 5.74) is 0.901. The van der Waals surface area contributed by atoms with Crippen molar-refractivity contribution < 1.29 is 17.8 Å². The fourth-order valence-electron chi connectivity index (χ4n) is 2.48. The summed E-state index contributed by atoms with van der Waals surface area (Å²) in [4.78, 5) is 0. The van der Waals surface area contributed by atoms with Gasteiger partial charge in [-0.1, -0.05) is 39.5 Å². The minimum atomic E-state index is 0. The van der Waals surface area contributed by atoms with Crippen LogP contribution >= 0.6 is 30.3 Å². The van der Waals surface area contributed by atoms with Gasteiger partial charge in [0.2, 0.25) is 0 Å². The Hall–Kier alpha value is 1.65. The second kappa shape index (κ2) is 11.1. The summed E-state index contributed by atoms with van der Waals surface area (Å²) in [5, 5.41) is 0. The van der Waals surface area contributed by atoms with Gasteiger partial charge in [0.25, 0.3) is 0 Å². The van der Waals surface area contributed by atoms with E-state index in [-0.39, 0.29) is 17.0 Å². The molecule has 2 saturated carbocycles. The molecular formula is C11H23Br2Pt. The first-order chi connectivity index (χ1) is 6.41. The fourth-order valence-corrected chi connectivity index (χ4v) is 2.48. The van der Waals surface area contributed by atoms with Crippen LogP contribution in [0.25, 0.3) is 0 Å². The predicted molar refractivity (Wildman–Crippen MR) is 70.0 cm³/mol. The van der Waals surface area contributed by atoms with Gasteiger partial charge in [-0.3, -0.25) is 0 Å². The summed E-state index contributed by atoms with van der Waals surface area (Å²) >= 11 is 4.86. The van der Waals surface area contributed by atoms with Crippen molar-refractivity contribution in [1.29, 1.82) is 0 Å². The van der Waals surface area contributed by atoms with Gasteiger partial charge in [-0.25, -0.2) is 0 Å². The van der Waals surface area contributed by atoms with Crippen molar-refractivity contribution >= 4 is 30.3 Å². The maximum atomic E-state index is 2.91. The molecule has 0 heterocycles. The molecule has 0 aliphatic heterocycles. The average Bonchev–Trinajstić information content (AvgIpc) is 2.23. The van der Waals surface area contributed by atoms with E-state index in [1.807, 2.05) is 31.6 Å². The van der Waals surface area contributed by atoms with Gasteiger partial charge < -0.3 is 0 Å². The van der Waals surface area contributed by atoms with Crippen LogP contribution in [0.1, 0.15) is 65.2 Å². The van der Waals surface area contributed by atoms with Crippen molar-refractivity contribution in [2.75, 3.05) is 0 Å².